The van der Waals surface area contributed by atoms with Crippen molar-refractivity contribution in [2.24, 2.45) is 0 Å². The van der Waals surface area contributed by atoms with E-state index in [1.54, 1.807) is 17.7 Å². The zero-order valence-electron chi connectivity index (χ0n) is 24.4. The van der Waals surface area contributed by atoms with Gasteiger partial charge in [-0.25, -0.2) is 9.97 Å². The average molecular weight is 562 g/mol. The van der Waals surface area contributed by atoms with E-state index >= 15 is 0 Å². The van der Waals surface area contributed by atoms with E-state index in [1.807, 2.05) is 25.3 Å². The maximum atomic E-state index is 13.4. The van der Waals surface area contributed by atoms with Crippen molar-refractivity contribution >= 4 is 40.2 Å². The summed E-state index contributed by atoms with van der Waals surface area (Å²) in [5.74, 6) is 0.563. The van der Waals surface area contributed by atoms with Gasteiger partial charge in [-0.1, -0.05) is 12.8 Å². The number of carbonyl (C=O) groups excluding carboxylic acids is 2. The summed E-state index contributed by atoms with van der Waals surface area (Å²) >= 11 is 0. The summed E-state index contributed by atoms with van der Waals surface area (Å²) in [6.45, 7) is 10.9. The summed E-state index contributed by atoms with van der Waals surface area (Å²) in [4.78, 5) is 56.1. The molecule has 0 amide bonds. The molecule has 1 N–H and O–H groups in total. The fraction of sp³-hybridized carbons (Fsp3) is 0.533. The van der Waals surface area contributed by atoms with E-state index in [2.05, 4.69) is 32.0 Å². The normalized spacial score (nSPS) is 17.1. The van der Waals surface area contributed by atoms with Gasteiger partial charge in [0.05, 0.1) is 30.5 Å². The van der Waals surface area contributed by atoms with Crippen LogP contribution in [0.5, 0.6) is 0 Å². The van der Waals surface area contributed by atoms with Crippen molar-refractivity contribution in [1.82, 2.24) is 24.4 Å². The molecule has 1 atom stereocenters. The van der Waals surface area contributed by atoms with Gasteiger partial charge in [-0.15, -0.1) is 0 Å². The molecule has 2 aliphatic rings. The molecule has 11 nitrogen and oxygen atoms in total. The molecule has 218 valence electrons. The van der Waals surface area contributed by atoms with Gasteiger partial charge in [-0.3, -0.25) is 23.9 Å². The molecule has 0 spiro atoms. The number of Topliss-reactive ketones (excluding diaryl/α,β-unsaturated/α-hetero) is 1. The van der Waals surface area contributed by atoms with Crippen molar-refractivity contribution < 1.29 is 14.3 Å². The van der Waals surface area contributed by atoms with Crippen LogP contribution in [0.2, 0.25) is 0 Å². The highest BCUT2D eigenvalue weighted by atomic mass is 16.5. The molecule has 1 aliphatic carbocycles. The number of ketones is 1. The molecule has 0 radical (unpaired) electrons. The van der Waals surface area contributed by atoms with Crippen LogP contribution in [0.25, 0.3) is 11.0 Å². The Morgan fingerprint density at radius 2 is 1.83 bits per heavy atom. The first-order valence-corrected chi connectivity index (χ1v) is 14.6. The lowest BCUT2D eigenvalue weighted by Gasteiger charge is -2.38. The van der Waals surface area contributed by atoms with Gasteiger partial charge in [0.25, 0.3) is 5.56 Å². The van der Waals surface area contributed by atoms with Crippen LogP contribution >= 0.6 is 0 Å². The van der Waals surface area contributed by atoms with Gasteiger partial charge in [0.15, 0.2) is 5.78 Å². The Labute approximate surface area is 239 Å². The Balaban J connectivity index is 1.30. The van der Waals surface area contributed by atoms with E-state index in [0.29, 0.717) is 41.4 Å². The molecule has 1 unspecified atom stereocenters. The predicted molar refractivity (Wildman–Crippen MR) is 158 cm³/mol. The van der Waals surface area contributed by atoms with Crippen LogP contribution < -0.4 is 15.8 Å². The maximum absolute atomic E-state index is 13.4. The Bertz CT molecular complexity index is 1470. The van der Waals surface area contributed by atoms with Gasteiger partial charge >= 0.3 is 5.97 Å². The van der Waals surface area contributed by atoms with E-state index < -0.39 is 0 Å². The second-order valence-electron chi connectivity index (χ2n) is 11.0. The molecular weight excluding hydrogens is 522 g/mol. The van der Waals surface area contributed by atoms with Crippen LogP contribution in [-0.4, -0.2) is 75.0 Å². The number of aromatic nitrogens is 4. The van der Waals surface area contributed by atoms with Crippen LogP contribution in [0.1, 0.15) is 74.8 Å². The highest BCUT2D eigenvalue weighted by molar-refractivity contribution is 5.99. The Kier molecular flexibility index (Phi) is 8.63. The molecule has 0 bridgehead atoms. The summed E-state index contributed by atoms with van der Waals surface area (Å²) < 4.78 is 6.81. The van der Waals surface area contributed by atoms with Crippen LogP contribution in [0, 0.1) is 6.92 Å². The Morgan fingerprint density at radius 3 is 2.46 bits per heavy atom. The van der Waals surface area contributed by atoms with Gasteiger partial charge in [0.1, 0.15) is 11.5 Å². The monoisotopic (exact) mass is 561 g/mol. The lowest BCUT2D eigenvalue weighted by atomic mass is 10.0. The lowest BCUT2D eigenvalue weighted by molar-refractivity contribution is -0.144. The summed E-state index contributed by atoms with van der Waals surface area (Å²) in [6.07, 6.45) is 7.81. The molecule has 3 aromatic rings. The number of nitrogens with zero attached hydrogens (tertiary/aromatic N) is 6. The van der Waals surface area contributed by atoms with Crippen molar-refractivity contribution in [1.29, 1.82) is 0 Å². The number of ether oxygens (including phenoxy) is 1. The molecule has 1 aliphatic heterocycles. The van der Waals surface area contributed by atoms with Crippen LogP contribution in [0.4, 0.5) is 17.5 Å². The van der Waals surface area contributed by atoms with Crippen molar-refractivity contribution in [2.45, 2.75) is 71.9 Å². The van der Waals surface area contributed by atoms with E-state index in [4.69, 9.17) is 9.72 Å². The number of anilines is 3. The zero-order valence-corrected chi connectivity index (χ0v) is 24.4. The zero-order chi connectivity index (χ0) is 29.1. The molecule has 11 heteroatoms. The van der Waals surface area contributed by atoms with Gasteiger partial charge in [0.2, 0.25) is 5.95 Å². The van der Waals surface area contributed by atoms with Gasteiger partial charge in [-0.2, -0.15) is 4.98 Å². The van der Waals surface area contributed by atoms with Crippen LogP contribution in [-0.2, 0) is 9.53 Å². The van der Waals surface area contributed by atoms with Crippen molar-refractivity contribution in [3.63, 3.8) is 0 Å². The third kappa shape index (κ3) is 6.09. The number of nitrogens with one attached hydrogen (secondary N) is 1. The minimum absolute atomic E-state index is 0.0254. The standard InChI is InChI=1S/C30H39N7O4/c1-5-41-26(39)16-19(2)35-12-14-36(15-13-35)23-10-11-25(31-17-23)33-30-32-18-24-20(3)27(21(4)38)29(40)37(28(24)34-30)22-8-6-7-9-22/h10-11,17-19,22H,5-9,12-16H2,1-4H3,(H,31,32,33,34). The smallest absolute Gasteiger partial charge is 0.307 e. The highest BCUT2D eigenvalue weighted by Crippen LogP contribution is 2.32. The lowest BCUT2D eigenvalue weighted by Crippen LogP contribution is -2.50. The summed E-state index contributed by atoms with van der Waals surface area (Å²) in [5.41, 5.74) is 2.15. The third-order valence-corrected chi connectivity index (χ3v) is 8.31. The van der Waals surface area contributed by atoms with Gasteiger partial charge in [-0.05, 0) is 58.2 Å². The minimum Gasteiger partial charge on any atom is -0.466 e. The van der Waals surface area contributed by atoms with E-state index in [0.717, 1.165) is 57.5 Å². The predicted octanol–water partition coefficient (Wildman–Crippen LogP) is 4.02. The first-order valence-electron chi connectivity index (χ1n) is 14.6. The number of aryl methyl sites for hydroxylation is 1. The Morgan fingerprint density at radius 1 is 1.10 bits per heavy atom. The Hall–Kier alpha value is -3.86. The number of hydrogen-bond donors (Lipinski definition) is 1. The number of carbonyl (C=O) groups is 2. The molecule has 5 rings (SSSR count). The van der Waals surface area contributed by atoms with E-state index in [-0.39, 0.29) is 35.0 Å². The van der Waals surface area contributed by atoms with Crippen molar-refractivity contribution in [3.05, 3.63) is 46.0 Å². The van der Waals surface area contributed by atoms with Crippen molar-refractivity contribution in [2.75, 3.05) is 43.0 Å². The molecule has 3 aromatic heterocycles. The quantitative estimate of drug-likeness (QED) is 0.303. The molecule has 0 aromatic carbocycles. The highest BCUT2D eigenvalue weighted by Gasteiger charge is 2.26. The van der Waals surface area contributed by atoms with Gasteiger partial charge in [0, 0.05) is 49.8 Å². The number of rotatable bonds is 9. The molecule has 41 heavy (non-hydrogen) atoms. The molecule has 2 fully saturated rings. The largest absolute Gasteiger partial charge is 0.466 e. The van der Waals surface area contributed by atoms with Gasteiger partial charge < -0.3 is 15.0 Å². The second-order valence-corrected chi connectivity index (χ2v) is 11.0. The number of esters is 1. The number of pyridine rings is 2. The number of hydrogen-bond acceptors (Lipinski definition) is 10. The second kappa shape index (κ2) is 12.3. The molecular formula is C30H39N7O4. The average Bonchev–Trinajstić information content (AvgIpc) is 3.48. The summed E-state index contributed by atoms with van der Waals surface area (Å²) in [7, 11) is 0. The van der Waals surface area contributed by atoms with E-state index in [1.165, 1.54) is 6.92 Å². The number of piperazine rings is 1. The molecule has 1 saturated heterocycles. The summed E-state index contributed by atoms with van der Waals surface area (Å²) in [6, 6.07) is 4.08. The van der Waals surface area contributed by atoms with Crippen molar-refractivity contribution in [3.8, 4) is 0 Å². The molecule has 1 saturated carbocycles. The topological polar surface area (TPSA) is 123 Å². The van der Waals surface area contributed by atoms with Crippen LogP contribution in [0.3, 0.4) is 0 Å². The number of fused-ring (bicyclic) bond motifs is 1. The first-order chi connectivity index (χ1) is 19.8. The fourth-order valence-electron chi connectivity index (χ4n) is 6.08. The maximum Gasteiger partial charge on any atom is 0.307 e. The minimum atomic E-state index is -0.267. The first kappa shape index (κ1) is 28.7. The van der Waals surface area contributed by atoms with E-state index in [9.17, 15) is 14.4 Å². The SMILES string of the molecule is CCOC(=O)CC(C)N1CCN(c2ccc(Nc3ncc4c(C)c(C(C)=O)c(=O)n(C5CCCC5)c4n3)nc2)CC1. The molecule has 4 heterocycles. The summed E-state index contributed by atoms with van der Waals surface area (Å²) in [5, 5.41) is 3.90. The van der Waals surface area contributed by atoms with Crippen LogP contribution in [0.15, 0.2) is 29.3 Å². The third-order valence-electron chi connectivity index (χ3n) is 8.31. The fourth-order valence-corrected chi connectivity index (χ4v) is 6.08.